The Labute approximate surface area is 795 Å². The highest BCUT2D eigenvalue weighted by Crippen LogP contribution is 2.45. The summed E-state index contributed by atoms with van der Waals surface area (Å²) in [6.07, 6.45) is 20.1. The van der Waals surface area contributed by atoms with Crippen LogP contribution in [-0.2, 0) is 54.5 Å². The van der Waals surface area contributed by atoms with Crippen molar-refractivity contribution in [3.8, 4) is 56.3 Å². The van der Waals surface area contributed by atoms with Gasteiger partial charge < -0.3 is 22.1 Å². The van der Waals surface area contributed by atoms with Gasteiger partial charge in [0.25, 0.3) is 0 Å². The maximum absolute atomic E-state index is 6.45. The van der Waals surface area contributed by atoms with E-state index in [2.05, 4.69) is 402 Å². The molecule has 1 aliphatic rings. The topological polar surface area (TPSA) is 150 Å². The molecule has 15 nitrogen and oxygen atoms in total. The fraction of sp³-hybridized carbons (Fsp3) is 0.333. The smallest absolute Gasteiger partial charge is 0.227 e. The number of hydrogen-bond donors (Lipinski definition) is 0. The van der Waals surface area contributed by atoms with Crippen LogP contribution in [-0.4, -0.2) is 24.9 Å². The van der Waals surface area contributed by atoms with Crippen molar-refractivity contribution in [2.75, 3.05) is 0 Å². The Morgan fingerprint density at radius 2 is 0.593 bits per heavy atom. The van der Waals surface area contributed by atoms with Gasteiger partial charge in [-0.05, 0) is 225 Å². The summed E-state index contributed by atoms with van der Waals surface area (Å²) < 4.78 is 42.6. The highest BCUT2D eigenvalue weighted by molar-refractivity contribution is 6.13. The highest BCUT2D eigenvalue weighted by Gasteiger charge is 2.30. The number of aryl methyl sites for hydroxylation is 13. The quantitative estimate of drug-likeness (QED) is 0.0908. The molecule has 5 aromatic carbocycles. The Morgan fingerprint density at radius 3 is 0.941 bits per heavy atom. The molecule has 1 fully saturated rings. The lowest BCUT2D eigenvalue weighted by atomic mass is 9.86. The van der Waals surface area contributed by atoms with Crippen LogP contribution in [0, 0.1) is 47.5 Å². The summed E-state index contributed by atoms with van der Waals surface area (Å²) in [7, 11) is 10.5. The van der Waals surface area contributed by atoms with Gasteiger partial charge >= 0.3 is 0 Å². The van der Waals surface area contributed by atoms with Gasteiger partial charge in [-0.15, -0.1) is 0 Å². The highest BCUT2D eigenvalue weighted by atomic mass is 16.4. The molecule has 0 amide bonds. The molecule has 15 heterocycles. The van der Waals surface area contributed by atoms with Gasteiger partial charge in [-0.25, -0.2) is 47.8 Å². The molecule has 688 valence electrons. The third-order valence-electron chi connectivity index (χ3n) is 27.7. The molecule has 15 heteroatoms. The largest absolute Gasteiger partial charge is 0.437 e. The van der Waals surface area contributed by atoms with Crippen LogP contribution in [0.4, 0.5) is 0 Å². The van der Waals surface area contributed by atoms with Crippen LogP contribution in [0.5, 0.6) is 0 Å². The zero-order valence-corrected chi connectivity index (χ0v) is 83.9. The van der Waals surface area contributed by atoms with E-state index < -0.39 is 0 Å². The average Bonchev–Trinajstić information content (AvgIpc) is 1.62. The van der Waals surface area contributed by atoms with Crippen LogP contribution in [0.15, 0.2) is 235 Å². The Kier molecular flexibility index (Phi) is 26.9. The summed E-state index contributed by atoms with van der Waals surface area (Å²) >= 11 is 0. The molecule has 0 spiro atoms. The molecule has 0 aliphatic heterocycles. The summed E-state index contributed by atoms with van der Waals surface area (Å²) in [5, 5.41) is 11.1. The van der Waals surface area contributed by atoms with Crippen molar-refractivity contribution in [1.29, 1.82) is 0 Å². The Bertz CT molecular complexity index is 7890. The first-order chi connectivity index (χ1) is 64.8. The molecule has 0 N–H and O–H groups in total. The fourth-order valence-corrected chi connectivity index (χ4v) is 19.4. The van der Waals surface area contributed by atoms with E-state index in [1.165, 1.54) is 127 Å². The third kappa shape index (κ3) is 18.6. The minimum Gasteiger partial charge on any atom is -0.437 e. The first kappa shape index (κ1) is 93.4. The molecule has 21 rings (SSSR count). The molecule has 1 aliphatic carbocycles. The third-order valence-corrected chi connectivity index (χ3v) is 27.7. The van der Waals surface area contributed by atoms with Gasteiger partial charge in [0, 0.05) is 149 Å². The summed E-state index contributed by atoms with van der Waals surface area (Å²) in [6.45, 7) is 43.6. The van der Waals surface area contributed by atoms with Crippen LogP contribution in [0.2, 0.25) is 0 Å². The lowest BCUT2D eigenvalue weighted by Crippen LogP contribution is -2.31. The van der Waals surface area contributed by atoms with E-state index in [9.17, 15) is 0 Å². The second-order valence-electron chi connectivity index (χ2n) is 39.7. The van der Waals surface area contributed by atoms with Crippen molar-refractivity contribution in [2.24, 2.45) is 41.2 Å². The van der Waals surface area contributed by atoms with Gasteiger partial charge in [0.05, 0.1) is 27.8 Å². The van der Waals surface area contributed by atoms with E-state index in [1.54, 1.807) is 0 Å². The molecule has 0 unspecified atom stereocenters. The standard InChI is InChI=1S/C26H29N2O.C25H29N2O.C24H27N2O.C23H25N2O.C22H23N2O/c1-4-18-14-15-28(3)23(16-18)24-17(2)10-11-20-21-12-13-22(19-8-6-5-7-9-19)27-26(21)29-25(20)24;1-15(2)13-19-8-10-21-20-9-7-17(5)23(24(20)28-25(21)26-19)22-14-18(16(3)4)11-12-27(22)6;1-14(2)17-11-12-26(6)21(13-17)22-16(5)7-8-18-19-9-10-20(15(3)4)25-24(19)27-23(18)22;1-6-17-8-10-19-18-9-7-15(4)21(22(18)26-23(19)24-17)20-13-16(14(2)3)11-12-25(20)5;1-13(2)16-10-11-24(5)19(12-16)20-14(3)6-8-17-18-9-7-15(4)23-22(18)25-21(17)20/h10-16,19H,4-9H2,1-3H3;7-12,14-16H,13H2,1-6H3;7-15H,1-6H3;7-14H,6H2,1-5H3;6-13H,1-5H3/q5*+1. The molecule has 135 heavy (non-hydrogen) atoms. The number of hydrogen-bond acceptors (Lipinski definition) is 10. The Hall–Kier alpha value is -13.4. The van der Waals surface area contributed by atoms with E-state index in [1.807, 2.05) is 13.0 Å². The lowest BCUT2D eigenvalue weighted by molar-refractivity contribution is -0.660. The van der Waals surface area contributed by atoms with E-state index in [0.29, 0.717) is 47.1 Å². The number of rotatable bonds is 15. The first-order valence-corrected chi connectivity index (χ1v) is 48.9. The van der Waals surface area contributed by atoms with Crippen molar-refractivity contribution in [2.45, 2.75) is 225 Å². The van der Waals surface area contributed by atoms with Crippen LogP contribution < -0.4 is 22.8 Å². The van der Waals surface area contributed by atoms with Crippen molar-refractivity contribution in [3.63, 3.8) is 0 Å². The normalized spacial score (nSPS) is 12.6. The number of furan rings is 5. The molecule has 1 saturated carbocycles. The maximum atomic E-state index is 6.45. The zero-order valence-electron chi connectivity index (χ0n) is 83.9. The lowest BCUT2D eigenvalue weighted by Gasteiger charge is -2.20. The first-order valence-electron chi connectivity index (χ1n) is 48.9. The average molecular weight is 1800 g/mol. The summed E-state index contributed by atoms with van der Waals surface area (Å²) in [5.41, 5.74) is 38.2. The molecule has 0 radical (unpaired) electrons. The zero-order chi connectivity index (χ0) is 95.4. The van der Waals surface area contributed by atoms with E-state index in [4.69, 9.17) is 42.0 Å². The van der Waals surface area contributed by atoms with Gasteiger partial charge in [-0.3, -0.25) is 0 Å². The summed E-state index contributed by atoms with van der Waals surface area (Å²) in [4.78, 5) is 23.8. The molecule has 20 aromatic rings. The minimum absolute atomic E-state index is 0.379. The van der Waals surface area contributed by atoms with Gasteiger partial charge in [-0.2, -0.15) is 0 Å². The number of nitrogens with zero attached hydrogens (tertiary/aromatic N) is 10. The molecule has 0 atom stereocenters. The van der Waals surface area contributed by atoms with Gasteiger partial charge in [-0.1, -0.05) is 177 Å². The predicted molar refractivity (Wildman–Crippen MR) is 553 cm³/mol. The van der Waals surface area contributed by atoms with Crippen molar-refractivity contribution < 1.29 is 44.9 Å². The van der Waals surface area contributed by atoms with E-state index in [-0.39, 0.29) is 0 Å². The number of aromatic nitrogens is 10. The van der Waals surface area contributed by atoms with E-state index in [0.717, 1.165) is 169 Å². The molecular formula is C120H133N10O5+5. The molecule has 0 saturated heterocycles. The van der Waals surface area contributed by atoms with Crippen molar-refractivity contribution >= 4 is 110 Å². The van der Waals surface area contributed by atoms with Gasteiger partial charge in [0.15, 0.2) is 58.9 Å². The number of benzene rings is 5. The van der Waals surface area contributed by atoms with Crippen LogP contribution >= 0.6 is 0 Å². The second kappa shape index (κ2) is 38.9. The predicted octanol–water partition coefficient (Wildman–Crippen LogP) is 29.2. The van der Waals surface area contributed by atoms with Crippen LogP contribution in [0.3, 0.4) is 0 Å². The fourth-order valence-electron chi connectivity index (χ4n) is 19.4. The maximum Gasteiger partial charge on any atom is 0.227 e. The van der Waals surface area contributed by atoms with Crippen LogP contribution in [0.25, 0.3) is 167 Å². The molecular weight excluding hydrogens is 1660 g/mol. The van der Waals surface area contributed by atoms with Crippen LogP contribution in [0.1, 0.15) is 249 Å². The summed E-state index contributed by atoms with van der Waals surface area (Å²) in [5.74, 6) is 3.47. The molecule has 15 aromatic heterocycles. The van der Waals surface area contributed by atoms with Crippen molar-refractivity contribution in [3.05, 3.63) is 297 Å². The Morgan fingerprint density at radius 1 is 0.289 bits per heavy atom. The second-order valence-corrected chi connectivity index (χ2v) is 39.7. The number of pyridine rings is 10. The number of fused-ring (bicyclic) bond motifs is 15. The van der Waals surface area contributed by atoms with Gasteiger partial charge in [0.2, 0.25) is 57.0 Å². The Balaban J connectivity index is 0.000000117. The van der Waals surface area contributed by atoms with E-state index >= 15 is 0 Å². The monoisotopic (exact) mass is 1790 g/mol. The minimum atomic E-state index is 0.379. The van der Waals surface area contributed by atoms with Gasteiger partial charge in [0.1, 0.15) is 35.2 Å². The SMILES string of the molecule is CCc1cc[n+](C)c(-c2c(C)ccc3c2oc2nc(C4CCCCC4)ccc23)c1.CCc1ccc2c(n1)oc1c(-c3cc(C(C)C)cc[n+]3C)c(C)ccc12.Cc1ccc2c(n1)oc1c(-c3cc(C(C)C)cc[n+]3C)c(C)ccc12.Cc1ccc2c(oc3nc(C(C)C)ccc32)c1-c1cc(C(C)C)cc[n+]1C.Cc1ccc2c(oc3nc(CC(C)C)ccc32)c1-c1cc(C(C)C)cc[n+]1C. The summed E-state index contributed by atoms with van der Waals surface area (Å²) in [6, 6.07) is 65.5. The molecule has 0 bridgehead atoms. The van der Waals surface area contributed by atoms with Crippen molar-refractivity contribution in [1.82, 2.24) is 24.9 Å².